The molecule has 1 nitrogen and oxygen atoms in total. The van der Waals surface area contributed by atoms with Crippen molar-refractivity contribution in [1.29, 1.82) is 0 Å². The topological polar surface area (TPSA) is 12.4 Å². The lowest BCUT2D eigenvalue weighted by Gasteiger charge is -2.22. The van der Waals surface area contributed by atoms with Crippen LogP contribution in [0.4, 0.5) is 0 Å². The SMILES string of the molecule is C=NC(C)(C)C(=C)CCCCCCC(C)CC. The molecule has 0 aliphatic heterocycles. The van der Waals surface area contributed by atoms with Gasteiger partial charge in [-0.05, 0) is 39.3 Å². The van der Waals surface area contributed by atoms with Crippen LogP contribution < -0.4 is 0 Å². The molecule has 0 amide bonds. The van der Waals surface area contributed by atoms with E-state index in [1.807, 2.05) is 0 Å². The van der Waals surface area contributed by atoms with Gasteiger partial charge in [-0.15, -0.1) is 0 Å². The van der Waals surface area contributed by atoms with Gasteiger partial charge in [0.2, 0.25) is 0 Å². The zero-order valence-electron chi connectivity index (χ0n) is 12.4. The predicted octanol–water partition coefficient (Wildman–Crippen LogP) is 5.41. The number of rotatable bonds is 10. The van der Waals surface area contributed by atoms with Crippen LogP contribution >= 0.6 is 0 Å². The zero-order chi connectivity index (χ0) is 13.3. The Hall–Kier alpha value is -0.590. The molecule has 1 atom stereocenters. The average Bonchev–Trinajstić information content (AvgIpc) is 2.32. The number of unbranched alkanes of at least 4 members (excludes halogenated alkanes) is 3. The predicted molar refractivity (Wildman–Crippen MR) is 79.9 cm³/mol. The van der Waals surface area contributed by atoms with Crippen molar-refractivity contribution in [3.05, 3.63) is 12.2 Å². The molecular weight excluding hydrogens is 206 g/mol. The Labute approximate surface area is 108 Å². The van der Waals surface area contributed by atoms with Gasteiger partial charge >= 0.3 is 0 Å². The molecule has 0 N–H and O–H groups in total. The van der Waals surface area contributed by atoms with Crippen LogP contribution in [0.3, 0.4) is 0 Å². The monoisotopic (exact) mass is 237 g/mol. The summed E-state index contributed by atoms with van der Waals surface area (Å²) >= 11 is 0. The minimum atomic E-state index is -0.142. The van der Waals surface area contributed by atoms with Crippen LogP contribution in [0.15, 0.2) is 17.1 Å². The van der Waals surface area contributed by atoms with Gasteiger partial charge in [-0.2, -0.15) is 0 Å². The van der Waals surface area contributed by atoms with E-state index in [4.69, 9.17) is 0 Å². The molecule has 0 aliphatic carbocycles. The van der Waals surface area contributed by atoms with E-state index in [1.54, 1.807) is 0 Å². The van der Waals surface area contributed by atoms with Crippen molar-refractivity contribution in [3.8, 4) is 0 Å². The van der Waals surface area contributed by atoms with E-state index in [0.717, 1.165) is 12.3 Å². The first-order valence-electron chi connectivity index (χ1n) is 7.10. The molecule has 1 heteroatoms. The minimum absolute atomic E-state index is 0.142. The van der Waals surface area contributed by atoms with Gasteiger partial charge in [-0.3, -0.25) is 4.99 Å². The fourth-order valence-corrected chi connectivity index (χ4v) is 1.81. The summed E-state index contributed by atoms with van der Waals surface area (Å²) in [5.74, 6) is 0.897. The minimum Gasteiger partial charge on any atom is -0.290 e. The summed E-state index contributed by atoms with van der Waals surface area (Å²) in [5, 5.41) is 0. The van der Waals surface area contributed by atoms with Gasteiger partial charge in [-0.25, -0.2) is 0 Å². The molecular formula is C16H31N. The second-order valence-electron chi connectivity index (χ2n) is 5.79. The molecule has 17 heavy (non-hydrogen) atoms. The summed E-state index contributed by atoms with van der Waals surface area (Å²) < 4.78 is 0. The highest BCUT2D eigenvalue weighted by atomic mass is 14.8. The fraction of sp³-hybridized carbons (Fsp3) is 0.812. The van der Waals surface area contributed by atoms with E-state index in [1.165, 1.54) is 44.1 Å². The highest BCUT2D eigenvalue weighted by molar-refractivity contribution is 5.29. The second kappa shape index (κ2) is 8.49. The van der Waals surface area contributed by atoms with Crippen LogP contribution in [0.25, 0.3) is 0 Å². The van der Waals surface area contributed by atoms with Crippen molar-refractivity contribution >= 4 is 6.72 Å². The third-order valence-corrected chi connectivity index (χ3v) is 3.88. The van der Waals surface area contributed by atoms with Gasteiger partial charge in [0.1, 0.15) is 0 Å². The maximum Gasteiger partial charge on any atom is 0.0750 e. The highest BCUT2D eigenvalue weighted by Crippen LogP contribution is 2.24. The summed E-state index contributed by atoms with van der Waals surface area (Å²) in [6.07, 6.45) is 9.10. The Bertz CT molecular complexity index is 228. The van der Waals surface area contributed by atoms with E-state index in [-0.39, 0.29) is 5.54 Å². The Balaban J connectivity index is 3.52. The summed E-state index contributed by atoms with van der Waals surface area (Å²) in [6, 6.07) is 0. The van der Waals surface area contributed by atoms with Crippen molar-refractivity contribution in [2.24, 2.45) is 10.9 Å². The first-order chi connectivity index (χ1) is 7.94. The molecule has 0 heterocycles. The van der Waals surface area contributed by atoms with E-state index in [2.05, 4.69) is 46.0 Å². The number of nitrogens with zero attached hydrogens (tertiary/aromatic N) is 1. The van der Waals surface area contributed by atoms with Crippen LogP contribution in [-0.4, -0.2) is 12.3 Å². The molecule has 100 valence electrons. The maximum atomic E-state index is 4.12. The van der Waals surface area contributed by atoms with Crippen LogP contribution in [0.5, 0.6) is 0 Å². The third kappa shape index (κ3) is 7.36. The molecule has 0 radical (unpaired) electrons. The number of hydrogen-bond donors (Lipinski definition) is 0. The summed E-state index contributed by atoms with van der Waals surface area (Å²) in [7, 11) is 0. The van der Waals surface area contributed by atoms with Crippen LogP contribution in [-0.2, 0) is 0 Å². The molecule has 0 aliphatic rings. The molecule has 0 rings (SSSR count). The van der Waals surface area contributed by atoms with Gasteiger partial charge in [0, 0.05) is 0 Å². The van der Waals surface area contributed by atoms with E-state index >= 15 is 0 Å². The standard InChI is InChI=1S/C16H31N/c1-7-14(2)12-10-8-9-11-13-15(3)16(4,5)17-6/h14H,3,6-13H2,1-2,4-5H3. The molecule has 1 unspecified atom stereocenters. The highest BCUT2D eigenvalue weighted by Gasteiger charge is 2.17. The molecule has 0 spiro atoms. The van der Waals surface area contributed by atoms with E-state index in [9.17, 15) is 0 Å². The lowest BCUT2D eigenvalue weighted by atomic mass is 9.91. The van der Waals surface area contributed by atoms with Crippen molar-refractivity contribution in [2.75, 3.05) is 0 Å². The Morgan fingerprint density at radius 2 is 1.76 bits per heavy atom. The van der Waals surface area contributed by atoms with E-state index < -0.39 is 0 Å². The van der Waals surface area contributed by atoms with E-state index in [0.29, 0.717) is 0 Å². The first kappa shape index (κ1) is 16.4. The van der Waals surface area contributed by atoms with Crippen molar-refractivity contribution in [2.45, 2.75) is 78.2 Å². The zero-order valence-corrected chi connectivity index (χ0v) is 12.4. The molecule has 0 fully saturated rings. The number of hydrogen-bond acceptors (Lipinski definition) is 1. The van der Waals surface area contributed by atoms with Crippen LogP contribution in [0.1, 0.15) is 72.6 Å². The summed E-state index contributed by atoms with van der Waals surface area (Å²) in [4.78, 5) is 4.12. The molecule has 0 bridgehead atoms. The van der Waals surface area contributed by atoms with Crippen molar-refractivity contribution < 1.29 is 0 Å². The molecule has 0 saturated carbocycles. The molecule has 0 aromatic heterocycles. The average molecular weight is 237 g/mol. The Morgan fingerprint density at radius 3 is 2.29 bits per heavy atom. The molecule has 0 saturated heterocycles. The van der Waals surface area contributed by atoms with Gasteiger partial charge in [0.25, 0.3) is 0 Å². The van der Waals surface area contributed by atoms with Gasteiger partial charge in [0.05, 0.1) is 5.54 Å². The number of aliphatic imine (C=N–C) groups is 1. The second-order valence-corrected chi connectivity index (χ2v) is 5.79. The van der Waals surface area contributed by atoms with Crippen molar-refractivity contribution in [1.82, 2.24) is 0 Å². The lowest BCUT2D eigenvalue weighted by molar-refractivity contribution is 0.472. The normalized spacial score (nSPS) is 13.4. The Kier molecular flexibility index (Phi) is 8.20. The van der Waals surface area contributed by atoms with Crippen LogP contribution in [0.2, 0.25) is 0 Å². The lowest BCUT2D eigenvalue weighted by Crippen LogP contribution is -2.18. The summed E-state index contributed by atoms with van der Waals surface area (Å²) in [5.41, 5.74) is 1.07. The first-order valence-corrected chi connectivity index (χ1v) is 7.10. The van der Waals surface area contributed by atoms with Gasteiger partial charge < -0.3 is 0 Å². The molecule has 0 aromatic rings. The largest absolute Gasteiger partial charge is 0.290 e. The third-order valence-electron chi connectivity index (χ3n) is 3.88. The van der Waals surface area contributed by atoms with Crippen molar-refractivity contribution in [3.63, 3.8) is 0 Å². The Morgan fingerprint density at radius 1 is 1.18 bits per heavy atom. The summed E-state index contributed by atoms with van der Waals surface area (Å²) in [6.45, 7) is 16.6. The van der Waals surface area contributed by atoms with Crippen LogP contribution in [0, 0.1) is 5.92 Å². The molecule has 0 aromatic carbocycles. The van der Waals surface area contributed by atoms with Gasteiger partial charge in [0.15, 0.2) is 0 Å². The smallest absolute Gasteiger partial charge is 0.0750 e. The fourth-order valence-electron chi connectivity index (χ4n) is 1.81. The maximum absolute atomic E-state index is 4.12. The quantitative estimate of drug-likeness (QED) is 0.274. The van der Waals surface area contributed by atoms with Gasteiger partial charge in [-0.1, -0.05) is 58.1 Å².